The Kier molecular flexibility index (Phi) is 3.79. The SMILES string of the molecule is CC1(C)OCC(CNCc2cc(C#N)cs2)O1. The smallest absolute Gasteiger partial charge is 0.163 e. The van der Waals surface area contributed by atoms with Crippen molar-refractivity contribution in [3.63, 3.8) is 0 Å². The first-order chi connectivity index (χ1) is 8.09. The summed E-state index contributed by atoms with van der Waals surface area (Å²) in [7, 11) is 0. The van der Waals surface area contributed by atoms with Gasteiger partial charge in [-0.2, -0.15) is 5.26 Å². The van der Waals surface area contributed by atoms with Crippen LogP contribution in [0, 0.1) is 11.3 Å². The second-order valence-corrected chi connectivity index (χ2v) is 5.49. The zero-order chi connectivity index (χ0) is 12.3. The zero-order valence-corrected chi connectivity index (χ0v) is 10.8. The van der Waals surface area contributed by atoms with Crippen LogP contribution in [0.4, 0.5) is 0 Å². The quantitative estimate of drug-likeness (QED) is 0.888. The maximum atomic E-state index is 8.71. The standard InChI is InChI=1S/C12H16N2O2S/c1-12(2)15-7-10(16-12)5-14-6-11-3-9(4-13)8-17-11/h3,8,10,14H,5-7H2,1-2H3. The first kappa shape index (κ1) is 12.5. The van der Waals surface area contributed by atoms with E-state index in [9.17, 15) is 0 Å². The summed E-state index contributed by atoms with van der Waals surface area (Å²) in [6.45, 7) is 6.01. The first-order valence-corrected chi connectivity index (χ1v) is 6.47. The predicted octanol–water partition coefficient (Wildman–Crippen LogP) is 1.86. The van der Waals surface area contributed by atoms with Crippen LogP contribution in [0.2, 0.25) is 0 Å². The van der Waals surface area contributed by atoms with Crippen LogP contribution in [0.3, 0.4) is 0 Å². The van der Waals surface area contributed by atoms with E-state index in [0.29, 0.717) is 6.61 Å². The van der Waals surface area contributed by atoms with Crippen molar-refractivity contribution in [2.45, 2.75) is 32.3 Å². The molecule has 1 aromatic rings. The third-order valence-electron chi connectivity index (χ3n) is 2.52. The molecule has 0 aliphatic carbocycles. The Labute approximate surface area is 105 Å². The van der Waals surface area contributed by atoms with E-state index in [-0.39, 0.29) is 6.10 Å². The van der Waals surface area contributed by atoms with Gasteiger partial charge in [-0.3, -0.25) is 0 Å². The number of nitrogens with zero attached hydrogens (tertiary/aromatic N) is 1. The van der Waals surface area contributed by atoms with Crippen LogP contribution in [0.25, 0.3) is 0 Å². The van der Waals surface area contributed by atoms with Crippen LogP contribution in [0.5, 0.6) is 0 Å². The number of thiophene rings is 1. The van der Waals surface area contributed by atoms with E-state index >= 15 is 0 Å². The molecule has 1 N–H and O–H groups in total. The van der Waals surface area contributed by atoms with Gasteiger partial charge in [-0.15, -0.1) is 11.3 Å². The van der Waals surface area contributed by atoms with Gasteiger partial charge in [0.25, 0.3) is 0 Å². The molecule has 1 aromatic heterocycles. The van der Waals surface area contributed by atoms with Gasteiger partial charge in [-0.25, -0.2) is 0 Å². The summed E-state index contributed by atoms with van der Waals surface area (Å²) in [5.41, 5.74) is 0.730. The normalized spacial score (nSPS) is 22.5. The highest BCUT2D eigenvalue weighted by Gasteiger charge is 2.32. The van der Waals surface area contributed by atoms with Crippen LogP contribution in [0.15, 0.2) is 11.4 Å². The number of nitrogens with one attached hydrogen (secondary N) is 1. The molecule has 2 rings (SSSR count). The van der Waals surface area contributed by atoms with Crippen LogP contribution in [-0.2, 0) is 16.0 Å². The maximum absolute atomic E-state index is 8.71. The molecule has 1 aliphatic rings. The van der Waals surface area contributed by atoms with Crippen molar-refractivity contribution in [1.29, 1.82) is 5.26 Å². The first-order valence-electron chi connectivity index (χ1n) is 5.59. The Hall–Kier alpha value is -0.930. The van der Waals surface area contributed by atoms with Gasteiger partial charge < -0.3 is 14.8 Å². The van der Waals surface area contributed by atoms with Gasteiger partial charge in [-0.1, -0.05) is 0 Å². The van der Waals surface area contributed by atoms with Crippen molar-refractivity contribution in [2.24, 2.45) is 0 Å². The minimum atomic E-state index is -0.455. The summed E-state index contributed by atoms with van der Waals surface area (Å²) >= 11 is 1.60. The molecule has 1 unspecified atom stereocenters. The van der Waals surface area contributed by atoms with Gasteiger partial charge in [-0.05, 0) is 19.9 Å². The van der Waals surface area contributed by atoms with Crippen LogP contribution < -0.4 is 5.32 Å². The molecule has 92 valence electrons. The summed E-state index contributed by atoms with van der Waals surface area (Å²) < 4.78 is 11.2. The number of nitriles is 1. The Morgan fingerprint density at radius 3 is 3.06 bits per heavy atom. The Bertz CT molecular complexity index is 422. The lowest BCUT2D eigenvalue weighted by Gasteiger charge is -2.17. The molecule has 0 amide bonds. The fraction of sp³-hybridized carbons (Fsp3) is 0.583. The van der Waals surface area contributed by atoms with E-state index in [0.717, 1.165) is 18.7 Å². The summed E-state index contributed by atoms with van der Waals surface area (Å²) in [4.78, 5) is 1.17. The second kappa shape index (κ2) is 5.15. The molecular weight excluding hydrogens is 236 g/mol. The molecule has 4 nitrogen and oxygen atoms in total. The number of rotatable bonds is 4. The Morgan fingerprint density at radius 2 is 2.47 bits per heavy atom. The Morgan fingerprint density at radius 1 is 1.65 bits per heavy atom. The van der Waals surface area contributed by atoms with Crippen molar-refractivity contribution in [3.05, 3.63) is 21.9 Å². The average molecular weight is 252 g/mol. The lowest BCUT2D eigenvalue weighted by Crippen LogP contribution is -2.30. The third-order valence-corrected chi connectivity index (χ3v) is 3.46. The average Bonchev–Trinajstić information content (AvgIpc) is 2.85. The van der Waals surface area contributed by atoms with E-state index < -0.39 is 5.79 Å². The van der Waals surface area contributed by atoms with Gasteiger partial charge in [0.2, 0.25) is 0 Å². The number of ether oxygens (including phenoxy) is 2. The second-order valence-electron chi connectivity index (χ2n) is 4.50. The van der Waals surface area contributed by atoms with Gasteiger partial charge in [0.1, 0.15) is 6.07 Å². The van der Waals surface area contributed by atoms with Crippen molar-refractivity contribution < 1.29 is 9.47 Å². The molecule has 0 bridgehead atoms. The summed E-state index contributed by atoms with van der Waals surface area (Å²) in [6.07, 6.45) is 0.111. The molecule has 1 aliphatic heterocycles. The van der Waals surface area contributed by atoms with Gasteiger partial charge in [0.15, 0.2) is 5.79 Å². The molecule has 1 fully saturated rings. The molecule has 0 aromatic carbocycles. The van der Waals surface area contributed by atoms with Crippen LogP contribution in [-0.4, -0.2) is 25.0 Å². The van der Waals surface area contributed by atoms with Crippen molar-refractivity contribution in [2.75, 3.05) is 13.2 Å². The molecule has 17 heavy (non-hydrogen) atoms. The fourth-order valence-electron chi connectivity index (χ4n) is 1.75. The van der Waals surface area contributed by atoms with Crippen molar-refractivity contribution >= 4 is 11.3 Å². The minimum absolute atomic E-state index is 0.111. The topological polar surface area (TPSA) is 54.3 Å². The fourth-order valence-corrected chi connectivity index (χ4v) is 2.53. The van der Waals surface area contributed by atoms with Gasteiger partial charge >= 0.3 is 0 Å². The molecule has 0 spiro atoms. The highest BCUT2D eigenvalue weighted by molar-refractivity contribution is 7.10. The highest BCUT2D eigenvalue weighted by Crippen LogP contribution is 2.21. The molecule has 2 heterocycles. The van der Waals surface area contributed by atoms with E-state index in [1.54, 1.807) is 11.3 Å². The lowest BCUT2D eigenvalue weighted by atomic mass is 10.3. The summed E-state index contributed by atoms with van der Waals surface area (Å²) in [5, 5.41) is 13.9. The molecular formula is C12H16N2O2S. The van der Waals surface area contributed by atoms with E-state index in [4.69, 9.17) is 14.7 Å². The van der Waals surface area contributed by atoms with Crippen LogP contribution in [0.1, 0.15) is 24.3 Å². The van der Waals surface area contributed by atoms with E-state index in [2.05, 4.69) is 11.4 Å². The zero-order valence-electron chi connectivity index (χ0n) is 10.0. The van der Waals surface area contributed by atoms with Gasteiger partial charge in [0.05, 0.1) is 18.3 Å². The molecule has 5 heteroatoms. The van der Waals surface area contributed by atoms with Crippen LogP contribution >= 0.6 is 11.3 Å². The van der Waals surface area contributed by atoms with E-state index in [1.807, 2.05) is 25.3 Å². The number of hydrogen-bond donors (Lipinski definition) is 1. The third kappa shape index (κ3) is 3.51. The maximum Gasteiger partial charge on any atom is 0.163 e. The summed E-state index contributed by atoms with van der Waals surface area (Å²) in [5.74, 6) is -0.455. The van der Waals surface area contributed by atoms with Gasteiger partial charge in [0, 0.05) is 23.3 Å². The van der Waals surface area contributed by atoms with Crippen molar-refractivity contribution in [1.82, 2.24) is 5.32 Å². The molecule has 0 radical (unpaired) electrons. The highest BCUT2D eigenvalue weighted by atomic mass is 32.1. The Balaban J connectivity index is 1.72. The van der Waals surface area contributed by atoms with Crippen molar-refractivity contribution in [3.8, 4) is 6.07 Å². The minimum Gasteiger partial charge on any atom is -0.348 e. The molecule has 1 saturated heterocycles. The molecule has 0 saturated carbocycles. The van der Waals surface area contributed by atoms with E-state index in [1.165, 1.54) is 4.88 Å². The lowest BCUT2D eigenvalue weighted by molar-refractivity contribution is -0.137. The summed E-state index contributed by atoms with van der Waals surface area (Å²) in [6, 6.07) is 4.04. The monoisotopic (exact) mass is 252 g/mol. The predicted molar refractivity (Wildman–Crippen MR) is 65.6 cm³/mol. The number of hydrogen-bond acceptors (Lipinski definition) is 5. The molecule has 1 atom stereocenters. The largest absolute Gasteiger partial charge is 0.348 e.